The third-order valence-corrected chi connectivity index (χ3v) is 6.28. The van der Waals surface area contributed by atoms with Gasteiger partial charge >= 0.3 is 0 Å². The third kappa shape index (κ3) is 4.74. The number of piperazine rings is 1. The molecule has 0 saturated carbocycles. The molecule has 1 amide bonds. The smallest absolute Gasteiger partial charge is 0.289 e. The van der Waals surface area contributed by atoms with Gasteiger partial charge in [0.05, 0.1) is 6.26 Å². The van der Waals surface area contributed by atoms with Gasteiger partial charge in [0.1, 0.15) is 5.82 Å². The number of carbonyl (C=O) groups is 1. The maximum absolute atomic E-state index is 13.9. The zero-order valence-electron chi connectivity index (χ0n) is 17.8. The lowest BCUT2D eigenvalue weighted by molar-refractivity contribution is 0.0508. The molecule has 8 heteroatoms. The molecule has 0 aliphatic carbocycles. The first kappa shape index (κ1) is 21.4. The van der Waals surface area contributed by atoms with Crippen molar-refractivity contribution < 1.29 is 18.3 Å². The summed E-state index contributed by atoms with van der Waals surface area (Å²) in [4.78, 5) is 20.9. The number of furan rings is 1. The van der Waals surface area contributed by atoms with Gasteiger partial charge in [-0.2, -0.15) is 0 Å². The molecule has 2 saturated heterocycles. The van der Waals surface area contributed by atoms with Crippen LogP contribution >= 0.6 is 0 Å². The van der Waals surface area contributed by atoms with Crippen molar-refractivity contribution in [2.75, 3.05) is 53.0 Å². The van der Waals surface area contributed by atoms with Gasteiger partial charge in [-0.05, 0) is 42.7 Å². The van der Waals surface area contributed by atoms with E-state index in [1.165, 1.54) is 12.3 Å². The van der Waals surface area contributed by atoms with Crippen LogP contribution in [-0.4, -0.2) is 74.7 Å². The molecule has 4 rings (SSSR count). The quantitative estimate of drug-likeness (QED) is 0.599. The molecule has 0 spiro atoms. The van der Waals surface area contributed by atoms with E-state index in [-0.39, 0.29) is 17.1 Å². The minimum absolute atomic E-state index is 0.0835. The molecule has 3 heterocycles. The average molecular weight is 429 g/mol. The van der Waals surface area contributed by atoms with Crippen LogP contribution in [0, 0.1) is 5.82 Å². The van der Waals surface area contributed by atoms with Crippen molar-refractivity contribution in [2.45, 2.75) is 18.3 Å². The van der Waals surface area contributed by atoms with Gasteiger partial charge in [0.2, 0.25) is 0 Å². The first-order chi connectivity index (χ1) is 15.1. The van der Waals surface area contributed by atoms with Crippen molar-refractivity contribution in [3.05, 3.63) is 59.8 Å². The average Bonchev–Trinajstić information content (AvgIpc) is 3.35. The number of carbonyl (C=O) groups excluding carboxylic acids is 1. The van der Waals surface area contributed by atoms with Gasteiger partial charge < -0.3 is 24.3 Å². The monoisotopic (exact) mass is 428 g/mol. The Morgan fingerprint density at radius 1 is 1.13 bits per heavy atom. The molecular formula is C23H29FN4O3. The van der Waals surface area contributed by atoms with Crippen LogP contribution in [0.3, 0.4) is 0 Å². The van der Waals surface area contributed by atoms with Crippen molar-refractivity contribution in [1.82, 2.24) is 15.1 Å². The fourth-order valence-corrected chi connectivity index (χ4v) is 4.41. The second kappa shape index (κ2) is 9.51. The molecule has 31 heavy (non-hydrogen) atoms. The highest BCUT2D eigenvalue weighted by Gasteiger charge is 2.35. The number of benzene rings is 1. The molecule has 1 N–H and O–H groups in total. The maximum atomic E-state index is 13.9. The van der Waals surface area contributed by atoms with Gasteiger partial charge in [-0.15, -0.1) is 0 Å². The van der Waals surface area contributed by atoms with E-state index in [9.17, 15) is 9.18 Å². The molecule has 2 aliphatic heterocycles. The van der Waals surface area contributed by atoms with Crippen molar-refractivity contribution >= 4 is 11.9 Å². The highest BCUT2D eigenvalue weighted by molar-refractivity contribution is 5.91. The Morgan fingerprint density at radius 3 is 2.52 bits per heavy atom. The summed E-state index contributed by atoms with van der Waals surface area (Å²) in [7, 11) is 1.77. The number of ether oxygens (including phenoxy) is 1. The summed E-state index contributed by atoms with van der Waals surface area (Å²) >= 11 is 0. The number of aliphatic imine (C=N–C) groups is 1. The van der Waals surface area contributed by atoms with E-state index in [4.69, 9.17) is 9.15 Å². The van der Waals surface area contributed by atoms with Gasteiger partial charge in [0.25, 0.3) is 5.91 Å². The van der Waals surface area contributed by atoms with E-state index < -0.39 is 0 Å². The number of guanidine groups is 1. The van der Waals surface area contributed by atoms with Crippen LogP contribution in [0.15, 0.2) is 52.1 Å². The SMILES string of the molecule is CN=C(NCC1(c2cccc(F)c2)CCOCC1)N1CCN(C(=O)c2ccco2)CC1. The highest BCUT2D eigenvalue weighted by atomic mass is 19.1. The van der Waals surface area contributed by atoms with Crippen LogP contribution < -0.4 is 5.32 Å². The van der Waals surface area contributed by atoms with Crippen molar-refractivity contribution in [1.29, 1.82) is 0 Å². The number of nitrogens with one attached hydrogen (secondary N) is 1. The summed E-state index contributed by atoms with van der Waals surface area (Å²) in [6.07, 6.45) is 3.16. The molecule has 1 aromatic carbocycles. The van der Waals surface area contributed by atoms with Crippen molar-refractivity contribution in [3.8, 4) is 0 Å². The molecule has 7 nitrogen and oxygen atoms in total. The van der Waals surface area contributed by atoms with Crippen LogP contribution in [0.4, 0.5) is 4.39 Å². The summed E-state index contributed by atoms with van der Waals surface area (Å²) in [5.74, 6) is 0.866. The van der Waals surface area contributed by atoms with E-state index in [1.54, 1.807) is 36.2 Å². The topological polar surface area (TPSA) is 70.3 Å². The van der Waals surface area contributed by atoms with Gasteiger partial charge in [-0.25, -0.2) is 4.39 Å². The Labute approximate surface area is 181 Å². The first-order valence-corrected chi connectivity index (χ1v) is 10.7. The van der Waals surface area contributed by atoms with E-state index in [1.807, 2.05) is 6.07 Å². The minimum Gasteiger partial charge on any atom is -0.459 e. The molecule has 0 radical (unpaired) electrons. The fourth-order valence-electron chi connectivity index (χ4n) is 4.41. The predicted molar refractivity (Wildman–Crippen MR) is 116 cm³/mol. The summed E-state index contributed by atoms with van der Waals surface area (Å²) in [6.45, 7) is 4.53. The standard InChI is InChI=1S/C23H29FN4O3/c1-25-22(28-11-9-27(10-12-28)21(29)20-6-3-13-31-20)26-17-23(7-14-30-15-8-23)18-4-2-5-19(24)16-18/h2-6,13,16H,7-12,14-15,17H2,1H3,(H,25,26). The lowest BCUT2D eigenvalue weighted by atomic mass is 9.74. The van der Waals surface area contributed by atoms with Crippen LogP contribution in [0.2, 0.25) is 0 Å². The van der Waals surface area contributed by atoms with Crippen molar-refractivity contribution in [3.63, 3.8) is 0 Å². The second-order valence-electron chi connectivity index (χ2n) is 8.06. The van der Waals surface area contributed by atoms with Crippen LogP contribution in [0.5, 0.6) is 0 Å². The highest BCUT2D eigenvalue weighted by Crippen LogP contribution is 2.34. The Hall–Kier alpha value is -2.87. The molecule has 0 bridgehead atoms. The van der Waals surface area contributed by atoms with Gasteiger partial charge in [0, 0.05) is 58.4 Å². The largest absolute Gasteiger partial charge is 0.459 e. The number of hydrogen-bond donors (Lipinski definition) is 1. The molecule has 2 aliphatic rings. The van der Waals surface area contributed by atoms with Crippen LogP contribution in [-0.2, 0) is 10.2 Å². The normalized spacial score (nSPS) is 19.4. The van der Waals surface area contributed by atoms with E-state index in [0.29, 0.717) is 51.7 Å². The van der Waals surface area contributed by atoms with Gasteiger partial charge in [0.15, 0.2) is 11.7 Å². The van der Waals surface area contributed by atoms with Gasteiger partial charge in [-0.3, -0.25) is 9.79 Å². The first-order valence-electron chi connectivity index (χ1n) is 10.7. The number of halogens is 1. The molecule has 0 atom stereocenters. The number of hydrogen-bond acceptors (Lipinski definition) is 4. The lowest BCUT2D eigenvalue weighted by Gasteiger charge is -2.40. The second-order valence-corrected chi connectivity index (χ2v) is 8.06. The Balaban J connectivity index is 1.39. The van der Waals surface area contributed by atoms with E-state index in [0.717, 1.165) is 24.4 Å². The van der Waals surface area contributed by atoms with Crippen molar-refractivity contribution in [2.24, 2.45) is 4.99 Å². The summed E-state index contributed by atoms with van der Waals surface area (Å²) < 4.78 is 24.7. The maximum Gasteiger partial charge on any atom is 0.289 e. The molecule has 1 aromatic heterocycles. The number of rotatable bonds is 4. The molecule has 0 unspecified atom stereocenters. The minimum atomic E-state index is -0.218. The van der Waals surface area contributed by atoms with Crippen LogP contribution in [0.25, 0.3) is 0 Å². The van der Waals surface area contributed by atoms with Gasteiger partial charge in [-0.1, -0.05) is 12.1 Å². The molecular weight excluding hydrogens is 399 g/mol. The Kier molecular flexibility index (Phi) is 6.56. The zero-order valence-corrected chi connectivity index (χ0v) is 17.8. The number of amides is 1. The van der Waals surface area contributed by atoms with E-state index in [2.05, 4.69) is 15.2 Å². The summed E-state index contributed by atoms with van der Waals surface area (Å²) in [5.41, 5.74) is 0.792. The predicted octanol–water partition coefficient (Wildman–Crippen LogP) is 2.50. The summed E-state index contributed by atoms with van der Waals surface area (Å²) in [5, 5.41) is 3.52. The molecule has 2 aromatic rings. The molecule has 2 fully saturated rings. The third-order valence-electron chi connectivity index (χ3n) is 6.28. The van der Waals surface area contributed by atoms with Crippen LogP contribution in [0.1, 0.15) is 29.0 Å². The fraction of sp³-hybridized carbons (Fsp3) is 0.478. The Morgan fingerprint density at radius 2 is 1.87 bits per heavy atom. The van der Waals surface area contributed by atoms with E-state index >= 15 is 0 Å². The Bertz CT molecular complexity index is 901. The summed E-state index contributed by atoms with van der Waals surface area (Å²) in [6, 6.07) is 10.3. The number of nitrogens with zero attached hydrogens (tertiary/aromatic N) is 3. The zero-order chi connectivity index (χ0) is 21.7. The lowest BCUT2D eigenvalue weighted by Crippen LogP contribution is -2.55. The molecule has 166 valence electrons.